The third-order valence-corrected chi connectivity index (χ3v) is 3.65. The molecule has 0 heterocycles. The second kappa shape index (κ2) is 15.5. The maximum atomic E-state index is 10.8. The summed E-state index contributed by atoms with van der Waals surface area (Å²) in [6.07, 6.45) is 21.3. The van der Waals surface area contributed by atoms with Crippen molar-refractivity contribution in [2.45, 2.75) is 90.5 Å². The summed E-state index contributed by atoms with van der Waals surface area (Å²) in [5.74, 6) is 0.310. The molecule has 0 fully saturated rings. The van der Waals surface area contributed by atoms with E-state index in [4.69, 9.17) is 5.73 Å². The van der Waals surface area contributed by atoms with Gasteiger partial charge in [-0.15, -0.1) is 0 Å². The zero-order valence-electron chi connectivity index (χ0n) is 14.2. The topological polar surface area (TPSA) is 43.1 Å². The number of carbonyl (C=O) groups is 1. The molecule has 0 aromatic rings. The Morgan fingerprint density at radius 1 is 1.00 bits per heavy atom. The number of carbonyl (C=O) groups excluding carboxylic acids is 1. The minimum Gasteiger partial charge on any atom is -0.324 e. The second-order valence-electron chi connectivity index (χ2n) is 5.98. The van der Waals surface area contributed by atoms with Crippen LogP contribution in [0.15, 0.2) is 24.3 Å². The van der Waals surface area contributed by atoms with E-state index >= 15 is 0 Å². The lowest BCUT2D eigenvalue weighted by Gasteiger charge is -2.05. The molecule has 1 atom stereocenters. The van der Waals surface area contributed by atoms with Crippen LogP contribution in [0.1, 0.15) is 84.5 Å². The van der Waals surface area contributed by atoms with Crippen molar-refractivity contribution in [2.75, 3.05) is 0 Å². The van der Waals surface area contributed by atoms with Gasteiger partial charge in [0, 0.05) is 12.5 Å². The predicted octanol–water partition coefficient (Wildman–Crippen LogP) is 5.33. The van der Waals surface area contributed by atoms with E-state index < -0.39 is 0 Å². The molecule has 2 nitrogen and oxygen atoms in total. The Balaban J connectivity index is 3.40. The second-order valence-corrected chi connectivity index (χ2v) is 5.98. The molecular weight excluding hydrogens is 258 g/mol. The SMILES string of the molecule is CCCCC/C=C\C=C\C(N)CCCCCCCC(C)=O. The number of ketones is 1. The zero-order valence-corrected chi connectivity index (χ0v) is 14.2. The van der Waals surface area contributed by atoms with E-state index in [9.17, 15) is 4.79 Å². The number of Topliss-reactive ketones (excluding diaryl/α,β-unsaturated/α-hetero) is 1. The Morgan fingerprint density at radius 2 is 1.71 bits per heavy atom. The average Bonchev–Trinajstić information content (AvgIpc) is 2.45. The number of nitrogens with two attached hydrogens (primary N) is 1. The first kappa shape index (κ1) is 20.1. The van der Waals surface area contributed by atoms with Crippen molar-refractivity contribution in [3.63, 3.8) is 0 Å². The van der Waals surface area contributed by atoms with E-state index in [0.717, 1.165) is 19.3 Å². The van der Waals surface area contributed by atoms with Gasteiger partial charge < -0.3 is 10.5 Å². The van der Waals surface area contributed by atoms with E-state index in [2.05, 4.69) is 31.2 Å². The smallest absolute Gasteiger partial charge is 0.129 e. The summed E-state index contributed by atoms with van der Waals surface area (Å²) in [6.45, 7) is 3.90. The highest BCUT2D eigenvalue weighted by Gasteiger charge is 1.98. The van der Waals surface area contributed by atoms with Crippen LogP contribution in [0.5, 0.6) is 0 Å². The Morgan fingerprint density at radius 3 is 2.43 bits per heavy atom. The minimum absolute atomic E-state index is 0.183. The van der Waals surface area contributed by atoms with Crippen molar-refractivity contribution < 1.29 is 4.79 Å². The van der Waals surface area contributed by atoms with E-state index in [1.54, 1.807) is 6.92 Å². The Labute approximate surface area is 131 Å². The molecule has 2 N–H and O–H groups in total. The first-order chi connectivity index (χ1) is 10.2. The fourth-order valence-electron chi connectivity index (χ4n) is 2.27. The maximum absolute atomic E-state index is 10.8. The molecule has 0 aliphatic heterocycles. The molecule has 0 saturated carbocycles. The van der Waals surface area contributed by atoms with Crippen molar-refractivity contribution in [3.05, 3.63) is 24.3 Å². The standard InChI is InChI=1S/C19H35NO/c1-3-4-5-6-7-10-13-16-19(20)17-14-11-8-9-12-15-18(2)21/h7,10,13,16,19H,3-6,8-9,11-12,14-15,17,20H2,1-2H3/b10-7-,16-13+. The van der Waals surface area contributed by atoms with Gasteiger partial charge in [-0.3, -0.25) is 0 Å². The molecule has 21 heavy (non-hydrogen) atoms. The summed E-state index contributed by atoms with van der Waals surface area (Å²) in [4.78, 5) is 10.8. The molecule has 0 spiro atoms. The maximum Gasteiger partial charge on any atom is 0.129 e. The van der Waals surface area contributed by atoms with E-state index in [1.807, 2.05) is 0 Å². The molecule has 0 aliphatic rings. The summed E-state index contributed by atoms with van der Waals surface area (Å²) in [5.41, 5.74) is 6.05. The molecule has 0 amide bonds. The molecule has 1 unspecified atom stereocenters. The van der Waals surface area contributed by atoms with Gasteiger partial charge in [0.15, 0.2) is 0 Å². The molecule has 0 bridgehead atoms. The van der Waals surface area contributed by atoms with Gasteiger partial charge in [-0.1, -0.05) is 69.8 Å². The first-order valence-electron chi connectivity index (χ1n) is 8.75. The minimum atomic E-state index is 0.183. The van der Waals surface area contributed by atoms with Crippen LogP contribution in [0.4, 0.5) is 0 Å². The molecular formula is C19H35NO. The third-order valence-electron chi connectivity index (χ3n) is 3.65. The summed E-state index contributed by atoms with van der Waals surface area (Å²) < 4.78 is 0. The van der Waals surface area contributed by atoms with Crippen LogP contribution in [0.25, 0.3) is 0 Å². The molecule has 122 valence electrons. The van der Waals surface area contributed by atoms with Crippen molar-refractivity contribution in [1.82, 2.24) is 0 Å². The van der Waals surface area contributed by atoms with Gasteiger partial charge >= 0.3 is 0 Å². The highest BCUT2D eigenvalue weighted by atomic mass is 16.1. The van der Waals surface area contributed by atoms with E-state index in [1.165, 1.54) is 51.4 Å². The van der Waals surface area contributed by atoms with Crippen molar-refractivity contribution in [1.29, 1.82) is 0 Å². The Hall–Kier alpha value is -0.890. The van der Waals surface area contributed by atoms with Crippen molar-refractivity contribution in [2.24, 2.45) is 5.73 Å². The van der Waals surface area contributed by atoms with Crippen molar-refractivity contribution in [3.8, 4) is 0 Å². The van der Waals surface area contributed by atoms with Gasteiger partial charge in [0.05, 0.1) is 0 Å². The number of rotatable bonds is 14. The van der Waals surface area contributed by atoms with Gasteiger partial charge in [0.25, 0.3) is 0 Å². The molecule has 0 rings (SSSR count). The van der Waals surface area contributed by atoms with Gasteiger partial charge in [-0.05, 0) is 32.6 Å². The summed E-state index contributed by atoms with van der Waals surface area (Å²) >= 11 is 0. The fraction of sp³-hybridized carbons (Fsp3) is 0.737. The van der Waals surface area contributed by atoms with Crippen LogP contribution < -0.4 is 5.73 Å². The highest BCUT2D eigenvalue weighted by molar-refractivity contribution is 5.75. The van der Waals surface area contributed by atoms with Gasteiger partial charge in [0.1, 0.15) is 5.78 Å². The van der Waals surface area contributed by atoms with Crippen LogP contribution in [0, 0.1) is 0 Å². The molecule has 0 aromatic carbocycles. The summed E-state index contributed by atoms with van der Waals surface area (Å²) in [5, 5.41) is 0. The molecule has 0 radical (unpaired) electrons. The molecule has 2 heteroatoms. The Bertz CT molecular complexity index is 294. The average molecular weight is 293 g/mol. The first-order valence-corrected chi connectivity index (χ1v) is 8.75. The van der Waals surface area contributed by atoms with Crippen LogP contribution in [0.2, 0.25) is 0 Å². The number of allylic oxidation sites excluding steroid dienone is 3. The molecule has 0 aromatic heterocycles. The van der Waals surface area contributed by atoms with Gasteiger partial charge in [0.2, 0.25) is 0 Å². The molecule has 0 saturated heterocycles. The highest BCUT2D eigenvalue weighted by Crippen LogP contribution is 2.09. The predicted molar refractivity (Wildman–Crippen MR) is 93.4 cm³/mol. The van der Waals surface area contributed by atoms with E-state index in [0.29, 0.717) is 5.78 Å². The molecule has 0 aliphatic carbocycles. The van der Waals surface area contributed by atoms with Crippen LogP contribution in [0.3, 0.4) is 0 Å². The lowest BCUT2D eigenvalue weighted by Crippen LogP contribution is -2.16. The van der Waals surface area contributed by atoms with Crippen LogP contribution >= 0.6 is 0 Å². The normalized spacial score (nSPS) is 13.3. The lowest BCUT2D eigenvalue weighted by atomic mass is 10.0. The Kier molecular flexibility index (Phi) is 14.8. The van der Waals surface area contributed by atoms with Crippen molar-refractivity contribution >= 4 is 5.78 Å². The number of hydrogen-bond donors (Lipinski definition) is 1. The van der Waals surface area contributed by atoms with E-state index in [-0.39, 0.29) is 6.04 Å². The third kappa shape index (κ3) is 17.1. The number of hydrogen-bond acceptors (Lipinski definition) is 2. The zero-order chi connectivity index (χ0) is 15.8. The summed E-state index contributed by atoms with van der Waals surface area (Å²) in [7, 11) is 0. The summed E-state index contributed by atoms with van der Waals surface area (Å²) in [6, 6.07) is 0.183. The van der Waals surface area contributed by atoms with Gasteiger partial charge in [-0.25, -0.2) is 0 Å². The van der Waals surface area contributed by atoms with Gasteiger partial charge in [-0.2, -0.15) is 0 Å². The largest absolute Gasteiger partial charge is 0.324 e. The number of unbranched alkanes of at least 4 members (excludes halogenated alkanes) is 7. The van der Waals surface area contributed by atoms with Crippen LogP contribution in [-0.2, 0) is 4.79 Å². The van der Waals surface area contributed by atoms with Crippen LogP contribution in [-0.4, -0.2) is 11.8 Å². The fourth-order valence-corrected chi connectivity index (χ4v) is 2.27. The quantitative estimate of drug-likeness (QED) is 0.347. The monoisotopic (exact) mass is 293 g/mol. The lowest BCUT2D eigenvalue weighted by molar-refractivity contribution is -0.117.